The molecule has 0 atom stereocenters. The Morgan fingerprint density at radius 1 is 0.897 bits per heavy atom. The fraction of sp³-hybridized carbons (Fsp3) is 0.391. The summed E-state index contributed by atoms with van der Waals surface area (Å²) < 4.78 is 11.0. The molecular formula is C23H28N2O4. The van der Waals surface area contributed by atoms with Crippen molar-refractivity contribution in [2.45, 2.75) is 20.3 Å². The van der Waals surface area contributed by atoms with Crippen LogP contribution in [-0.4, -0.2) is 61.5 Å². The van der Waals surface area contributed by atoms with Crippen LogP contribution in [0.4, 0.5) is 0 Å². The number of hydrogen-bond donors (Lipinski definition) is 0. The van der Waals surface area contributed by atoms with Gasteiger partial charge in [0.1, 0.15) is 11.5 Å². The Balaban J connectivity index is 1.48. The molecular weight excluding hydrogens is 368 g/mol. The summed E-state index contributed by atoms with van der Waals surface area (Å²) in [5, 5.41) is 0. The molecule has 0 bridgehead atoms. The van der Waals surface area contributed by atoms with E-state index in [9.17, 15) is 9.59 Å². The van der Waals surface area contributed by atoms with E-state index in [1.807, 2.05) is 61.2 Å². The molecule has 2 amide bonds. The average Bonchev–Trinajstić information content (AvgIpc) is 2.73. The van der Waals surface area contributed by atoms with Crippen LogP contribution in [0.1, 0.15) is 16.7 Å². The molecule has 1 aliphatic heterocycles. The smallest absolute Gasteiger partial charge is 0.260 e. The Kier molecular flexibility index (Phi) is 6.75. The molecule has 0 N–H and O–H groups in total. The predicted molar refractivity (Wildman–Crippen MR) is 111 cm³/mol. The quantitative estimate of drug-likeness (QED) is 0.753. The molecule has 6 nitrogen and oxygen atoms in total. The highest BCUT2D eigenvalue weighted by Crippen LogP contribution is 2.22. The summed E-state index contributed by atoms with van der Waals surface area (Å²) in [6.45, 7) is 6.09. The fourth-order valence-corrected chi connectivity index (χ4v) is 3.53. The number of amides is 2. The number of ether oxygens (including phenoxy) is 2. The maximum atomic E-state index is 12.6. The Morgan fingerprint density at radius 3 is 2.10 bits per heavy atom. The van der Waals surface area contributed by atoms with Crippen molar-refractivity contribution in [3.63, 3.8) is 0 Å². The molecule has 1 heterocycles. The van der Waals surface area contributed by atoms with Crippen LogP contribution in [0.2, 0.25) is 0 Å². The van der Waals surface area contributed by atoms with E-state index < -0.39 is 0 Å². The van der Waals surface area contributed by atoms with E-state index in [2.05, 4.69) is 0 Å². The van der Waals surface area contributed by atoms with Crippen LogP contribution < -0.4 is 9.47 Å². The number of para-hydroxylation sites is 1. The molecule has 0 aliphatic carbocycles. The summed E-state index contributed by atoms with van der Waals surface area (Å²) in [7, 11) is 1.61. The molecule has 2 aromatic carbocycles. The Bertz CT molecular complexity index is 853. The summed E-state index contributed by atoms with van der Waals surface area (Å²) in [6, 6.07) is 13.5. The number of piperazine rings is 1. The van der Waals surface area contributed by atoms with Crippen molar-refractivity contribution < 1.29 is 19.1 Å². The largest absolute Gasteiger partial charge is 0.497 e. The van der Waals surface area contributed by atoms with E-state index >= 15 is 0 Å². The van der Waals surface area contributed by atoms with Gasteiger partial charge in [-0.2, -0.15) is 0 Å². The molecule has 3 rings (SSSR count). The summed E-state index contributed by atoms with van der Waals surface area (Å²) in [5.74, 6) is 1.53. The molecule has 0 radical (unpaired) electrons. The number of carbonyl (C=O) groups excluding carboxylic acids is 2. The van der Waals surface area contributed by atoms with Crippen molar-refractivity contribution >= 4 is 11.8 Å². The van der Waals surface area contributed by atoms with E-state index in [0.717, 1.165) is 28.2 Å². The van der Waals surface area contributed by atoms with Crippen LogP contribution in [0.25, 0.3) is 0 Å². The van der Waals surface area contributed by atoms with Crippen LogP contribution >= 0.6 is 0 Å². The molecule has 1 saturated heterocycles. The Labute approximate surface area is 172 Å². The maximum absolute atomic E-state index is 12.6. The molecule has 0 saturated carbocycles. The van der Waals surface area contributed by atoms with Crippen LogP contribution in [0.5, 0.6) is 11.5 Å². The van der Waals surface area contributed by atoms with Crippen molar-refractivity contribution in [2.75, 3.05) is 39.9 Å². The number of methoxy groups -OCH3 is 1. The van der Waals surface area contributed by atoms with Crippen LogP contribution in [-0.2, 0) is 16.0 Å². The standard InChI is InChI=1S/C23H28N2O4/c1-17-6-4-7-18(2)23(17)29-16-22(27)25-12-10-24(11-13-25)21(26)15-19-8-5-9-20(14-19)28-3/h4-9,14H,10-13,15-16H2,1-3H3. The molecule has 29 heavy (non-hydrogen) atoms. The Morgan fingerprint density at radius 2 is 1.48 bits per heavy atom. The zero-order chi connectivity index (χ0) is 20.8. The molecule has 0 unspecified atom stereocenters. The second-order valence-corrected chi connectivity index (χ2v) is 7.30. The number of carbonyl (C=O) groups is 2. The highest BCUT2D eigenvalue weighted by molar-refractivity contribution is 5.80. The third-order valence-electron chi connectivity index (χ3n) is 5.22. The second kappa shape index (κ2) is 9.45. The van der Waals surface area contributed by atoms with Crippen molar-refractivity contribution in [1.82, 2.24) is 9.80 Å². The van der Waals surface area contributed by atoms with Crippen molar-refractivity contribution in [1.29, 1.82) is 0 Å². The van der Waals surface area contributed by atoms with Gasteiger partial charge in [-0.1, -0.05) is 30.3 Å². The third-order valence-corrected chi connectivity index (χ3v) is 5.22. The van der Waals surface area contributed by atoms with E-state index in [0.29, 0.717) is 32.6 Å². The van der Waals surface area contributed by atoms with E-state index in [1.165, 1.54) is 0 Å². The number of aryl methyl sites for hydroxylation is 2. The van der Waals surface area contributed by atoms with Crippen LogP contribution in [0.15, 0.2) is 42.5 Å². The van der Waals surface area contributed by atoms with Gasteiger partial charge in [0.05, 0.1) is 13.5 Å². The lowest BCUT2D eigenvalue weighted by atomic mass is 10.1. The van der Waals surface area contributed by atoms with Gasteiger partial charge < -0.3 is 19.3 Å². The van der Waals surface area contributed by atoms with Crippen molar-refractivity contribution in [3.8, 4) is 11.5 Å². The minimum atomic E-state index is -0.0486. The number of benzene rings is 2. The zero-order valence-corrected chi connectivity index (χ0v) is 17.3. The van der Waals surface area contributed by atoms with E-state index in [1.54, 1.807) is 12.0 Å². The first-order valence-electron chi connectivity index (χ1n) is 9.85. The van der Waals surface area contributed by atoms with E-state index in [-0.39, 0.29) is 18.4 Å². The van der Waals surface area contributed by atoms with Gasteiger partial charge >= 0.3 is 0 Å². The summed E-state index contributed by atoms with van der Waals surface area (Å²) in [4.78, 5) is 28.7. The monoisotopic (exact) mass is 396 g/mol. The molecule has 6 heteroatoms. The van der Waals surface area contributed by atoms with Gasteiger partial charge in [-0.15, -0.1) is 0 Å². The van der Waals surface area contributed by atoms with Gasteiger partial charge in [-0.25, -0.2) is 0 Å². The number of rotatable bonds is 6. The van der Waals surface area contributed by atoms with Crippen molar-refractivity contribution in [2.24, 2.45) is 0 Å². The van der Waals surface area contributed by atoms with Gasteiger partial charge in [0.2, 0.25) is 5.91 Å². The van der Waals surface area contributed by atoms with Gasteiger partial charge in [0.25, 0.3) is 5.91 Å². The highest BCUT2D eigenvalue weighted by Gasteiger charge is 2.24. The first-order chi connectivity index (χ1) is 14.0. The minimum absolute atomic E-state index is 0.0173. The second-order valence-electron chi connectivity index (χ2n) is 7.30. The van der Waals surface area contributed by atoms with Crippen LogP contribution in [0, 0.1) is 13.8 Å². The Hall–Kier alpha value is -3.02. The summed E-state index contributed by atoms with van der Waals surface area (Å²) >= 11 is 0. The summed E-state index contributed by atoms with van der Waals surface area (Å²) in [5.41, 5.74) is 2.96. The van der Waals surface area contributed by atoms with Crippen LogP contribution in [0.3, 0.4) is 0 Å². The van der Waals surface area contributed by atoms with E-state index in [4.69, 9.17) is 9.47 Å². The summed E-state index contributed by atoms with van der Waals surface area (Å²) in [6.07, 6.45) is 0.334. The predicted octanol–water partition coefficient (Wildman–Crippen LogP) is 2.60. The molecule has 2 aromatic rings. The third kappa shape index (κ3) is 5.28. The SMILES string of the molecule is COc1cccc(CC(=O)N2CCN(C(=O)COc3c(C)cccc3C)CC2)c1. The topological polar surface area (TPSA) is 59.1 Å². The molecule has 154 valence electrons. The van der Waals surface area contributed by atoms with Gasteiger partial charge in [-0.05, 0) is 42.7 Å². The number of hydrogen-bond acceptors (Lipinski definition) is 4. The van der Waals surface area contributed by atoms with Gasteiger partial charge in [-0.3, -0.25) is 9.59 Å². The highest BCUT2D eigenvalue weighted by atomic mass is 16.5. The minimum Gasteiger partial charge on any atom is -0.497 e. The average molecular weight is 396 g/mol. The lowest BCUT2D eigenvalue weighted by Crippen LogP contribution is -2.52. The molecule has 0 spiro atoms. The van der Waals surface area contributed by atoms with Crippen molar-refractivity contribution in [3.05, 3.63) is 59.2 Å². The number of nitrogens with zero attached hydrogens (tertiary/aromatic N) is 2. The van der Waals surface area contributed by atoms with Gasteiger partial charge in [0, 0.05) is 26.2 Å². The lowest BCUT2D eigenvalue weighted by Gasteiger charge is -2.35. The maximum Gasteiger partial charge on any atom is 0.260 e. The molecule has 1 fully saturated rings. The zero-order valence-electron chi connectivity index (χ0n) is 17.3. The van der Waals surface area contributed by atoms with Gasteiger partial charge in [0.15, 0.2) is 6.61 Å². The lowest BCUT2D eigenvalue weighted by molar-refractivity contribution is -0.140. The first kappa shape index (κ1) is 20.7. The first-order valence-corrected chi connectivity index (χ1v) is 9.85. The normalized spacial score (nSPS) is 13.9. The molecule has 1 aliphatic rings. The fourth-order valence-electron chi connectivity index (χ4n) is 3.53. The molecule has 0 aromatic heterocycles.